The van der Waals surface area contributed by atoms with Crippen molar-refractivity contribution in [2.24, 2.45) is 27.2 Å². The van der Waals surface area contributed by atoms with Gasteiger partial charge in [-0.05, 0) is 30.5 Å². The van der Waals surface area contributed by atoms with Crippen LogP contribution in [0.25, 0.3) is 0 Å². The number of aryl methyl sites for hydroxylation is 1. The van der Waals surface area contributed by atoms with E-state index in [9.17, 15) is 0 Å². The normalized spacial score (nSPS) is 11.3. The monoisotopic (exact) mass is 275 g/mol. The van der Waals surface area contributed by atoms with Gasteiger partial charge < -0.3 is 17.2 Å². The zero-order valence-electron chi connectivity index (χ0n) is 12.2. The number of nitrogens with two attached hydrogens (primary N) is 3. The standard InChI is InChI=1S/C15H25N5/c1-2-3-4-5-6-7-12-8-10-13(11-9-12)19-15(18)20-14(16)17/h8-11H,2-7H2,1H3,(H6,16,17,18,19,20). The van der Waals surface area contributed by atoms with Gasteiger partial charge in [0.1, 0.15) is 0 Å². The second-order valence-electron chi connectivity index (χ2n) is 4.84. The Balaban J connectivity index is 2.46. The van der Waals surface area contributed by atoms with Gasteiger partial charge in [-0.25, -0.2) is 4.99 Å². The van der Waals surface area contributed by atoms with Crippen molar-refractivity contribution in [3.63, 3.8) is 0 Å². The number of rotatable bonds is 7. The predicted molar refractivity (Wildman–Crippen MR) is 86.0 cm³/mol. The number of aliphatic imine (C=N–C) groups is 2. The van der Waals surface area contributed by atoms with Crippen LogP contribution in [0, 0.1) is 0 Å². The van der Waals surface area contributed by atoms with E-state index < -0.39 is 0 Å². The topological polar surface area (TPSA) is 103 Å². The van der Waals surface area contributed by atoms with Crippen molar-refractivity contribution in [1.29, 1.82) is 0 Å². The molecule has 0 saturated heterocycles. The first kappa shape index (κ1) is 16.0. The summed E-state index contributed by atoms with van der Waals surface area (Å²) in [5, 5.41) is 0. The third-order valence-electron chi connectivity index (χ3n) is 2.99. The molecule has 0 aliphatic carbocycles. The van der Waals surface area contributed by atoms with Crippen molar-refractivity contribution in [2.45, 2.75) is 45.4 Å². The van der Waals surface area contributed by atoms with Crippen LogP contribution in [-0.2, 0) is 6.42 Å². The molecule has 5 heteroatoms. The lowest BCUT2D eigenvalue weighted by molar-refractivity contribution is 0.632. The summed E-state index contributed by atoms with van der Waals surface area (Å²) in [6, 6.07) is 8.00. The van der Waals surface area contributed by atoms with E-state index in [0.717, 1.165) is 12.1 Å². The molecule has 0 unspecified atom stereocenters. The maximum atomic E-state index is 5.57. The summed E-state index contributed by atoms with van der Waals surface area (Å²) in [4.78, 5) is 7.78. The molecule has 0 aromatic heterocycles. The third kappa shape index (κ3) is 6.78. The number of hydrogen-bond acceptors (Lipinski definition) is 1. The molecule has 1 aromatic carbocycles. The molecule has 5 nitrogen and oxygen atoms in total. The minimum absolute atomic E-state index is 0.0670. The molecule has 1 rings (SSSR count). The smallest absolute Gasteiger partial charge is 0.223 e. The summed E-state index contributed by atoms with van der Waals surface area (Å²) in [7, 11) is 0. The first-order valence-corrected chi connectivity index (χ1v) is 7.14. The average Bonchev–Trinajstić information content (AvgIpc) is 2.39. The van der Waals surface area contributed by atoms with Gasteiger partial charge in [0.2, 0.25) is 5.96 Å². The minimum Gasteiger partial charge on any atom is -0.370 e. The van der Waals surface area contributed by atoms with E-state index in [4.69, 9.17) is 17.2 Å². The Bertz CT molecular complexity index is 444. The minimum atomic E-state index is -0.0880. The zero-order valence-corrected chi connectivity index (χ0v) is 12.2. The third-order valence-corrected chi connectivity index (χ3v) is 2.99. The van der Waals surface area contributed by atoms with Crippen LogP contribution in [0.15, 0.2) is 34.3 Å². The number of unbranched alkanes of at least 4 members (excludes halogenated alkanes) is 4. The fourth-order valence-corrected chi connectivity index (χ4v) is 1.96. The highest BCUT2D eigenvalue weighted by atomic mass is 15.1. The number of guanidine groups is 2. The maximum Gasteiger partial charge on any atom is 0.223 e. The van der Waals surface area contributed by atoms with Gasteiger partial charge in [-0.3, -0.25) is 0 Å². The summed E-state index contributed by atoms with van der Waals surface area (Å²) in [5.74, 6) is -0.0211. The molecule has 0 bridgehead atoms. The molecule has 0 amide bonds. The molecule has 0 aliphatic rings. The largest absolute Gasteiger partial charge is 0.370 e. The Hall–Kier alpha value is -2.04. The second-order valence-corrected chi connectivity index (χ2v) is 4.84. The zero-order chi connectivity index (χ0) is 14.8. The molecule has 1 aromatic rings. The van der Waals surface area contributed by atoms with E-state index in [0.29, 0.717) is 0 Å². The van der Waals surface area contributed by atoms with Gasteiger partial charge in [0, 0.05) is 0 Å². The fourth-order valence-electron chi connectivity index (χ4n) is 1.96. The second kappa shape index (κ2) is 8.96. The van der Waals surface area contributed by atoms with Crippen LogP contribution in [0.2, 0.25) is 0 Å². The van der Waals surface area contributed by atoms with Crippen LogP contribution < -0.4 is 17.2 Å². The summed E-state index contributed by atoms with van der Waals surface area (Å²) in [6.45, 7) is 2.23. The SMILES string of the molecule is CCCCCCCc1ccc(N=C(N)N=C(N)N)cc1. The fraction of sp³-hybridized carbons (Fsp3) is 0.467. The molecule has 0 atom stereocenters. The quantitative estimate of drug-likeness (QED) is 0.404. The van der Waals surface area contributed by atoms with Gasteiger partial charge in [0.25, 0.3) is 0 Å². The van der Waals surface area contributed by atoms with Crippen molar-refractivity contribution in [2.75, 3.05) is 0 Å². The molecule has 6 N–H and O–H groups in total. The Kier molecular flexibility index (Phi) is 7.17. The van der Waals surface area contributed by atoms with Crippen molar-refractivity contribution in [3.05, 3.63) is 29.8 Å². The molecule has 0 heterocycles. The number of nitrogens with zero attached hydrogens (tertiary/aromatic N) is 2. The van der Waals surface area contributed by atoms with Gasteiger partial charge >= 0.3 is 0 Å². The average molecular weight is 275 g/mol. The van der Waals surface area contributed by atoms with E-state index >= 15 is 0 Å². The van der Waals surface area contributed by atoms with Gasteiger partial charge in [0.15, 0.2) is 5.96 Å². The molecule has 0 radical (unpaired) electrons. The lowest BCUT2D eigenvalue weighted by Crippen LogP contribution is -2.26. The Morgan fingerprint density at radius 3 is 2.20 bits per heavy atom. The molecular weight excluding hydrogens is 250 g/mol. The highest BCUT2D eigenvalue weighted by Crippen LogP contribution is 2.15. The summed E-state index contributed by atoms with van der Waals surface area (Å²) < 4.78 is 0. The van der Waals surface area contributed by atoms with Crippen LogP contribution in [0.3, 0.4) is 0 Å². The molecule has 0 fully saturated rings. The maximum absolute atomic E-state index is 5.57. The van der Waals surface area contributed by atoms with Gasteiger partial charge in [0.05, 0.1) is 5.69 Å². The van der Waals surface area contributed by atoms with E-state index in [-0.39, 0.29) is 11.9 Å². The molecule has 20 heavy (non-hydrogen) atoms. The van der Waals surface area contributed by atoms with Crippen molar-refractivity contribution >= 4 is 17.6 Å². The molecule has 0 saturated carbocycles. The van der Waals surface area contributed by atoms with Crippen molar-refractivity contribution in [3.8, 4) is 0 Å². The first-order valence-electron chi connectivity index (χ1n) is 7.14. The highest BCUT2D eigenvalue weighted by Gasteiger charge is 1.96. The Labute approximate surface area is 121 Å². The van der Waals surface area contributed by atoms with E-state index in [1.807, 2.05) is 12.1 Å². The van der Waals surface area contributed by atoms with E-state index in [1.165, 1.54) is 37.7 Å². The Morgan fingerprint density at radius 1 is 0.950 bits per heavy atom. The van der Waals surface area contributed by atoms with Gasteiger partial charge in [-0.15, -0.1) is 0 Å². The van der Waals surface area contributed by atoms with Crippen LogP contribution in [-0.4, -0.2) is 11.9 Å². The van der Waals surface area contributed by atoms with Crippen LogP contribution in [0.4, 0.5) is 5.69 Å². The van der Waals surface area contributed by atoms with Gasteiger partial charge in [-0.1, -0.05) is 44.7 Å². The summed E-state index contributed by atoms with van der Waals surface area (Å²) >= 11 is 0. The lowest BCUT2D eigenvalue weighted by atomic mass is 10.1. The molecule has 0 spiro atoms. The molecule has 0 aliphatic heterocycles. The first-order chi connectivity index (χ1) is 9.61. The van der Waals surface area contributed by atoms with E-state index in [1.54, 1.807) is 0 Å². The Morgan fingerprint density at radius 2 is 1.60 bits per heavy atom. The summed E-state index contributed by atoms with van der Waals surface area (Å²) in [5.41, 5.74) is 18.1. The van der Waals surface area contributed by atoms with Gasteiger partial charge in [-0.2, -0.15) is 4.99 Å². The number of hydrogen-bond donors (Lipinski definition) is 3. The molecule has 110 valence electrons. The number of benzene rings is 1. The van der Waals surface area contributed by atoms with Crippen LogP contribution in [0.1, 0.15) is 44.6 Å². The van der Waals surface area contributed by atoms with Crippen LogP contribution >= 0.6 is 0 Å². The summed E-state index contributed by atoms with van der Waals surface area (Å²) in [6.07, 6.45) is 7.58. The predicted octanol–water partition coefficient (Wildman–Crippen LogP) is 2.42. The van der Waals surface area contributed by atoms with E-state index in [2.05, 4.69) is 29.0 Å². The van der Waals surface area contributed by atoms with Crippen molar-refractivity contribution < 1.29 is 0 Å². The highest BCUT2D eigenvalue weighted by molar-refractivity contribution is 5.93. The lowest BCUT2D eigenvalue weighted by Gasteiger charge is -2.02. The van der Waals surface area contributed by atoms with Crippen LogP contribution in [0.5, 0.6) is 0 Å². The van der Waals surface area contributed by atoms with Crippen molar-refractivity contribution in [1.82, 2.24) is 0 Å². The molecular formula is C15H25N5.